The van der Waals surface area contributed by atoms with Crippen LogP contribution in [0.25, 0.3) is 0 Å². The lowest BCUT2D eigenvalue weighted by Crippen LogP contribution is -2.38. The number of carbonyl (C=O) groups excluding carboxylic acids is 2. The van der Waals surface area contributed by atoms with Gasteiger partial charge in [0, 0.05) is 32.7 Å². The summed E-state index contributed by atoms with van der Waals surface area (Å²) in [5.74, 6) is -1.52. The van der Waals surface area contributed by atoms with E-state index in [0.29, 0.717) is 19.6 Å². The average molecular weight is 264 g/mol. The number of rotatable bonds is 6. The Labute approximate surface area is 111 Å². The van der Waals surface area contributed by atoms with Crippen LogP contribution in [-0.4, -0.2) is 43.3 Å². The number of hydrazone groups is 1. The largest absolute Gasteiger partial charge is 0.385 e. The molecule has 0 fully saturated rings. The predicted octanol–water partition coefficient (Wildman–Crippen LogP) is -0.316. The van der Waals surface area contributed by atoms with Gasteiger partial charge in [-0.2, -0.15) is 5.10 Å². The first-order chi connectivity index (χ1) is 9.24. The maximum Gasteiger partial charge on any atom is 0.329 e. The third kappa shape index (κ3) is 6.27. The Bertz CT molecular complexity index is 434. The van der Waals surface area contributed by atoms with E-state index in [1.54, 1.807) is 31.6 Å². The molecule has 1 rings (SSSR count). The number of nitrogens with one attached hydrogen (secondary N) is 2. The van der Waals surface area contributed by atoms with Gasteiger partial charge in [-0.15, -0.1) is 0 Å². The number of hydrogen-bond acceptors (Lipinski definition) is 5. The van der Waals surface area contributed by atoms with Crippen molar-refractivity contribution < 1.29 is 14.3 Å². The summed E-state index contributed by atoms with van der Waals surface area (Å²) < 4.78 is 4.82. The van der Waals surface area contributed by atoms with Gasteiger partial charge in [0.05, 0.1) is 6.21 Å². The fourth-order valence-electron chi connectivity index (χ4n) is 1.16. The third-order valence-corrected chi connectivity index (χ3v) is 2.10. The molecule has 0 bridgehead atoms. The van der Waals surface area contributed by atoms with Crippen LogP contribution in [0.15, 0.2) is 29.6 Å². The molecule has 0 atom stereocenters. The first kappa shape index (κ1) is 14.8. The molecule has 0 saturated heterocycles. The predicted molar refractivity (Wildman–Crippen MR) is 69.5 cm³/mol. The SMILES string of the molecule is COCCCNC(=O)C(=O)N/N=C/c1ccncc1. The average Bonchev–Trinajstić information content (AvgIpc) is 2.44. The zero-order chi connectivity index (χ0) is 13.9. The Morgan fingerprint density at radius 2 is 2.11 bits per heavy atom. The Hall–Kier alpha value is -2.28. The molecule has 0 aromatic carbocycles. The molecule has 1 aromatic heterocycles. The monoisotopic (exact) mass is 264 g/mol. The Morgan fingerprint density at radius 3 is 2.79 bits per heavy atom. The molecule has 0 saturated carbocycles. The van der Waals surface area contributed by atoms with E-state index in [0.717, 1.165) is 5.56 Å². The Balaban J connectivity index is 2.27. The van der Waals surface area contributed by atoms with Gasteiger partial charge in [-0.3, -0.25) is 14.6 Å². The lowest BCUT2D eigenvalue weighted by atomic mass is 10.3. The topological polar surface area (TPSA) is 92.7 Å². The summed E-state index contributed by atoms with van der Waals surface area (Å²) >= 11 is 0. The van der Waals surface area contributed by atoms with Crippen LogP contribution in [0, 0.1) is 0 Å². The summed E-state index contributed by atoms with van der Waals surface area (Å²) in [5, 5.41) is 6.12. The number of methoxy groups -OCH3 is 1. The van der Waals surface area contributed by atoms with Crippen LogP contribution in [0.5, 0.6) is 0 Å². The maximum atomic E-state index is 11.3. The number of hydrogen-bond donors (Lipinski definition) is 2. The lowest BCUT2D eigenvalue weighted by Gasteiger charge is -2.02. The highest BCUT2D eigenvalue weighted by Gasteiger charge is 2.10. The van der Waals surface area contributed by atoms with Gasteiger partial charge in [-0.1, -0.05) is 0 Å². The molecule has 1 heterocycles. The van der Waals surface area contributed by atoms with E-state index in [-0.39, 0.29) is 0 Å². The van der Waals surface area contributed by atoms with E-state index < -0.39 is 11.8 Å². The highest BCUT2D eigenvalue weighted by atomic mass is 16.5. The minimum atomic E-state index is -0.803. The van der Waals surface area contributed by atoms with Gasteiger partial charge in [-0.05, 0) is 24.1 Å². The second-order valence-electron chi connectivity index (χ2n) is 3.58. The van der Waals surface area contributed by atoms with Crippen LogP contribution in [-0.2, 0) is 14.3 Å². The van der Waals surface area contributed by atoms with Crippen molar-refractivity contribution in [2.75, 3.05) is 20.3 Å². The maximum absolute atomic E-state index is 11.3. The zero-order valence-electron chi connectivity index (χ0n) is 10.6. The highest BCUT2D eigenvalue weighted by Crippen LogP contribution is 1.90. The van der Waals surface area contributed by atoms with Crippen molar-refractivity contribution in [2.45, 2.75) is 6.42 Å². The van der Waals surface area contributed by atoms with Crippen molar-refractivity contribution in [3.05, 3.63) is 30.1 Å². The molecule has 1 aromatic rings. The van der Waals surface area contributed by atoms with Crippen molar-refractivity contribution in [2.24, 2.45) is 5.10 Å². The summed E-state index contributed by atoms with van der Waals surface area (Å²) in [7, 11) is 1.57. The molecule has 2 N–H and O–H groups in total. The number of amides is 2. The zero-order valence-corrected chi connectivity index (χ0v) is 10.6. The van der Waals surface area contributed by atoms with E-state index in [9.17, 15) is 9.59 Å². The molecule has 0 unspecified atom stereocenters. The molecule has 0 spiro atoms. The van der Waals surface area contributed by atoms with Crippen molar-refractivity contribution in [3.8, 4) is 0 Å². The van der Waals surface area contributed by atoms with Gasteiger partial charge in [0.25, 0.3) is 0 Å². The quantitative estimate of drug-likeness (QED) is 0.319. The van der Waals surface area contributed by atoms with E-state index in [2.05, 4.69) is 20.8 Å². The van der Waals surface area contributed by atoms with Gasteiger partial charge in [0.2, 0.25) is 0 Å². The van der Waals surface area contributed by atoms with Crippen LogP contribution in [0.2, 0.25) is 0 Å². The lowest BCUT2D eigenvalue weighted by molar-refractivity contribution is -0.139. The number of pyridine rings is 1. The number of aromatic nitrogens is 1. The number of nitrogens with zero attached hydrogens (tertiary/aromatic N) is 2. The summed E-state index contributed by atoms with van der Waals surface area (Å²) in [5.41, 5.74) is 2.91. The van der Waals surface area contributed by atoms with Crippen molar-refractivity contribution in [3.63, 3.8) is 0 Å². The molecule has 7 heteroatoms. The highest BCUT2D eigenvalue weighted by molar-refractivity contribution is 6.35. The van der Waals surface area contributed by atoms with Crippen molar-refractivity contribution in [1.29, 1.82) is 0 Å². The first-order valence-corrected chi connectivity index (χ1v) is 5.74. The van der Waals surface area contributed by atoms with Crippen LogP contribution in [0.1, 0.15) is 12.0 Å². The van der Waals surface area contributed by atoms with Gasteiger partial charge in [-0.25, -0.2) is 5.43 Å². The Kier molecular flexibility index (Phi) is 6.81. The fraction of sp³-hybridized carbons (Fsp3) is 0.333. The normalized spacial score (nSPS) is 10.4. The summed E-state index contributed by atoms with van der Waals surface area (Å²) in [4.78, 5) is 26.5. The molecular weight excluding hydrogens is 248 g/mol. The van der Waals surface area contributed by atoms with Crippen LogP contribution in [0.4, 0.5) is 0 Å². The van der Waals surface area contributed by atoms with Crippen LogP contribution in [0.3, 0.4) is 0 Å². The van der Waals surface area contributed by atoms with E-state index in [4.69, 9.17) is 4.74 Å². The molecule has 0 aliphatic carbocycles. The number of ether oxygens (including phenoxy) is 1. The fourth-order valence-corrected chi connectivity index (χ4v) is 1.16. The first-order valence-electron chi connectivity index (χ1n) is 5.74. The molecule has 2 amide bonds. The molecule has 0 radical (unpaired) electrons. The summed E-state index contributed by atoms with van der Waals surface area (Å²) in [6, 6.07) is 3.45. The van der Waals surface area contributed by atoms with Crippen molar-refractivity contribution in [1.82, 2.24) is 15.7 Å². The molecule has 0 aliphatic rings. The number of carbonyl (C=O) groups is 2. The summed E-state index contributed by atoms with van der Waals surface area (Å²) in [6.45, 7) is 0.913. The van der Waals surface area contributed by atoms with Gasteiger partial charge in [0.1, 0.15) is 0 Å². The second kappa shape index (κ2) is 8.76. The van der Waals surface area contributed by atoms with Gasteiger partial charge >= 0.3 is 11.8 Å². The molecule has 102 valence electrons. The molecule has 0 aliphatic heterocycles. The smallest absolute Gasteiger partial charge is 0.329 e. The van der Waals surface area contributed by atoms with E-state index in [1.165, 1.54) is 6.21 Å². The standard InChI is InChI=1S/C12H16N4O3/c1-19-8-2-5-14-11(17)12(18)16-15-9-10-3-6-13-7-4-10/h3-4,6-7,9H,2,5,8H2,1H3,(H,14,17)(H,16,18)/b15-9+. The van der Waals surface area contributed by atoms with Gasteiger partial charge in [0.15, 0.2) is 0 Å². The van der Waals surface area contributed by atoms with Crippen molar-refractivity contribution >= 4 is 18.0 Å². The van der Waals surface area contributed by atoms with Gasteiger partial charge < -0.3 is 10.1 Å². The Morgan fingerprint density at radius 1 is 1.37 bits per heavy atom. The molecular formula is C12H16N4O3. The van der Waals surface area contributed by atoms with E-state index in [1.807, 2.05) is 0 Å². The molecule has 19 heavy (non-hydrogen) atoms. The summed E-state index contributed by atoms with van der Waals surface area (Å²) in [6.07, 6.45) is 5.28. The second-order valence-corrected chi connectivity index (χ2v) is 3.58. The third-order valence-electron chi connectivity index (χ3n) is 2.10. The van der Waals surface area contributed by atoms with Crippen LogP contribution >= 0.6 is 0 Å². The van der Waals surface area contributed by atoms with E-state index >= 15 is 0 Å². The minimum Gasteiger partial charge on any atom is -0.385 e. The minimum absolute atomic E-state index is 0.383. The molecule has 7 nitrogen and oxygen atoms in total. The van der Waals surface area contributed by atoms with Crippen LogP contribution < -0.4 is 10.7 Å².